The molecule has 76 heavy (non-hydrogen) atoms. The molecule has 0 bridgehead atoms. The molecule has 11 unspecified atom stereocenters. The van der Waals surface area contributed by atoms with Gasteiger partial charge in [-0.15, -0.1) is 0 Å². The van der Waals surface area contributed by atoms with Crippen LogP contribution < -0.4 is 0 Å². The van der Waals surface area contributed by atoms with Crippen LogP contribution in [-0.2, 0) is 33.2 Å². The summed E-state index contributed by atoms with van der Waals surface area (Å²) in [7, 11) is 0. The molecule has 11 atom stereocenters. The lowest BCUT2D eigenvalue weighted by molar-refractivity contribution is -0.332. The van der Waals surface area contributed by atoms with Crippen LogP contribution in [0.1, 0.15) is 290 Å². The highest BCUT2D eigenvalue weighted by Gasteiger charge is 2.47. The van der Waals surface area contributed by atoms with Crippen molar-refractivity contribution in [3.8, 4) is 0 Å². The van der Waals surface area contributed by atoms with Crippen LogP contribution in [0.25, 0.3) is 0 Å². The second-order valence-electron chi connectivity index (χ2n) is 23.0. The quantitative estimate of drug-likeness (QED) is 0.0223. The Bertz CT molecular complexity index is 1260. The molecule has 7 N–H and O–H groups in total. The van der Waals surface area contributed by atoms with Crippen molar-refractivity contribution in [2.24, 2.45) is 0 Å². The highest BCUT2D eigenvalue weighted by atomic mass is 16.7. The van der Waals surface area contributed by atoms with Gasteiger partial charge in [-0.1, -0.05) is 271 Å². The zero-order valence-electron chi connectivity index (χ0n) is 48.8. The van der Waals surface area contributed by atoms with Crippen LogP contribution in [0.3, 0.4) is 0 Å². The number of aliphatic hydroxyl groups excluding tert-OH is 7. The van der Waals surface area contributed by atoms with Crippen molar-refractivity contribution >= 4 is 5.97 Å². The Labute approximate surface area is 463 Å². The Morgan fingerprint density at radius 2 is 0.697 bits per heavy atom. The summed E-state index contributed by atoms with van der Waals surface area (Å²) in [5.74, 6) is -0.366. The molecule has 0 aliphatic carbocycles. The molecule has 2 saturated heterocycles. The number of rotatable bonds is 54. The molecule has 2 fully saturated rings. The largest absolute Gasteiger partial charge is 0.457 e. The maximum atomic E-state index is 13.1. The maximum Gasteiger partial charge on any atom is 0.306 e. The molecule has 14 heteroatoms. The van der Waals surface area contributed by atoms with Gasteiger partial charge in [-0.05, 0) is 12.8 Å². The van der Waals surface area contributed by atoms with Crippen LogP contribution in [0, 0.1) is 0 Å². The first-order valence-corrected chi connectivity index (χ1v) is 32.1. The predicted molar refractivity (Wildman–Crippen MR) is 303 cm³/mol. The molecule has 0 aromatic heterocycles. The average Bonchev–Trinajstić information content (AvgIpc) is 3.42. The van der Waals surface area contributed by atoms with Gasteiger partial charge >= 0.3 is 5.97 Å². The number of hydrogen-bond acceptors (Lipinski definition) is 14. The Hall–Kier alpha value is -1.01. The molecule has 0 amide bonds. The summed E-state index contributed by atoms with van der Waals surface area (Å²) in [6.07, 6.45) is 38.9. The average molecular weight is 1090 g/mol. The zero-order valence-corrected chi connectivity index (χ0v) is 48.8. The van der Waals surface area contributed by atoms with Crippen molar-refractivity contribution in [3.63, 3.8) is 0 Å². The van der Waals surface area contributed by atoms with E-state index in [2.05, 4.69) is 13.8 Å². The standard InChI is InChI=1S/C62H120O14/c1-3-5-7-9-11-13-15-17-19-21-23-24-25-26-27-28-30-32-34-36-38-40-42-44-46-71-48-51(74-54(64)45-43-41-39-37-35-33-31-29-22-20-18-16-14-12-10-8-6-4-2)49-72-61-60(70)58(68)56(66)53(76-61)50-73-62-59(69)57(67)55(65)52(47-63)75-62/h51-53,55-63,65-70H,3-50H2,1-2H3. The van der Waals surface area contributed by atoms with Gasteiger partial charge in [0.1, 0.15) is 54.9 Å². The summed E-state index contributed by atoms with van der Waals surface area (Å²) in [5, 5.41) is 72.5. The maximum absolute atomic E-state index is 13.1. The minimum absolute atomic E-state index is 0.0713. The van der Waals surface area contributed by atoms with E-state index in [1.54, 1.807) is 0 Å². The van der Waals surface area contributed by atoms with E-state index in [9.17, 15) is 40.5 Å². The van der Waals surface area contributed by atoms with Gasteiger partial charge in [0.2, 0.25) is 0 Å². The zero-order chi connectivity index (χ0) is 55.1. The van der Waals surface area contributed by atoms with E-state index in [1.165, 1.54) is 225 Å². The fourth-order valence-corrected chi connectivity index (χ4v) is 10.7. The van der Waals surface area contributed by atoms with E-state index in [0.29, 0.717) is 6.61 Å². The fraction of sp³-hybridized carbons (Fsp3) is 0.984. The Kier molecular flexibility index (Phi) is 46.6. The van der Waals surface area contributed by atoms with E-state index in [0.717, 1.165) is 44.9 Å². The number of carbonyl (C=O) groups is 1. The fourth-order valence-electron chi connectivity index (χ4n) is 10.7. The van der Waals surface area contributed by atoms with Crippen LogP contribution in [-0.4, -0.2) is 142 Å². The van der Waals surface area contributed by atoms with E-state index in [-0.39, 0.29) is 25.6 Å². The summed E-state index contributed by atoms with van der Waals surface area (Å²) in [5.41, 5.74) is 0. The third-order valence-corrected chi connectivity index (χ3v) is 15.9. The molecule has 2 heterocycles. The highest BCUT2D eigenvalue weighted by Crippen LogP contribution is 2.27. The predicted octanol–water partition coefficient (Wildman–Crippen LogP) is 12.4. The summed E-state index contributed by atoms with van der Waals surface area (Å²) >= 11 is 0. The van der Waals surface area contributed by atoms with Crippen molar-refractivity contribution in [3.05, 3.63) is 0 Å². The SMILES string of the molecule is CCCCCCCCCCCCCCCCCCCCCCCCCCOCC(COC1OC(COC2OC(CO)C(O)C(O)C2O)C(O)C(O)C1O)OC(=O)CCCCCCCCCCCCCCCCCCCC. The molecule has 0 saturated carbocycles. The van der Waals surface area contributed by atoms with Gasteiger partial charge < -0.3 is 64.2 Å². The lowest BCUT2D eigenvalue weighted by Gasteiger charge is -2.42. The van der Waals surface area contributed by atoms with E-state index < -0.39 is 80.7 Å². The molecular formula is C62H120O14. The molecule has 2 rings (SSSR count). The molecule has 0 aromatic rings. The van der Waals surface area contributed by atoms with Gasteiger partial charge in [-0.3, -0.25) is 4.79 Å². The Balaban J connectivity index is 1.65. The molecule has 14 nitrogen and oxygen atoms in total. The van der Waals surface area contributed by atoms with Crippen LogP contribution in [0.5, 0.6) is 0 Å². The monoisotopic (exact) mass is 1090 g/mol. The van der Waals surface area contributed by atoms with Gasteiger partial charge in [0.25, 0.3) is 0 Å². The van der Waals surface area contributed by atoms with Crippen LogP contribution in [0.2, 0.25) is 0 Å². The van der Waals surface area contributed by atoms with Crippen molar-refractivity contribution in [2.75, 3.05) is 33.0 Å². The second kappa shape index (κ2) is 49.8. The van der Waals surface area contributed by atoms with E-state index in [4.69, 9.17) is 28.4 Å². The van der Waals surface area contributed by atoms with Gasteiger partial charge in [-0.25, -0.2) is 0 Å². The Morgan fingerprint density at radius 3 is 1.07 bits per heavy atom. The summed E-state index contributed by atoms with van der Waals surface area (Å²) in [6, 6.07) is 0. The van der Waals surface area contributed by atoms with Crippen LogP contribution in [0.4, 0.5) is 0 Å². The van der Waals surface area contributed by atoms with Crippen molar-refractivity contribution < 1.29 is 69.0 Å². The van der Waals surface area contributed by atoms with Crippen molar-refractivity contribution in [1.82, 2.24) is 0 Å². The molecule has 0 aromatic carbocycles. The number of esters is 1. The lowest BCUT2D eigenvalue weighted by atomic mass is 9.98. The summed E-state index contributed by atoms with van der Waals surface area (Å²) < 4.78 is 34.5. The normalized spacial score (nSPS) is 24.3. The Morgan fingerprint density at radius 1 is 0.382 bits per heavy atom. The highest BCUT2D eigenvalue weighted by molar-refractivity contribution is 5.69. The first-order valence-electron chi connectivity index (χ1n) is 32.1. The first kappa shape index (κ1) is 71.1. The number of hydrogen-bond donors (Lipinski definition) is 7. The van der Waals surface area contributed by atoms with Crippen molar-refractivity contribution in [1.29, 1.82) is 0 Å². The summed E-state index contributed by atoms with van der Waals surface area (Å²) in [4.78, 5) is 13.1. The number of unbranched alkanes of at least 4 members (excludes halogenated alkanes) is 40. The molecule has 2 aliphatic rings. The first-order chi connectivity index (χ1) is 37.1. The number of aliphatic hydroxyl groups is 7. The minimum atomic E-state index is -1.70. The third-order valence-electron chi connectivity index (χ3n) is 15.9. The van der Waals surface area contributed by atoms with Gasteiger partial charge in [0.05, 0.1) is 26.4 Å². The van der Waals surface area contributed by atoms with E-state index in [1.807, 2.05) is 0 Å². The number of carbonyl (C=O) groups excluding carboxylic acids is 1. The molecule has 0 spiro atoms. The molecule has 0 radical (unpaired) electrons. The molecule has 2 aliphatic heterocycles. The van der Waals surface area contributed by atoms with Crippen LogP contribution in [0.15, 0.2) is 0 Å². The molecule has 452 valence electrons. The van der Waals surface area contributed by atoms with Gasteiger partial charge in [0.15, 0.2) is 12.6 Å². The van der Waals surface area contributed by atoms with Gasteiger partial charge in [0, 0.05) is 13.0 Å². The topological polar surface area (TPSA) is 214 Å². The smallest absolute Gasteiger partial charge is 0.306 e. The van der Waals surface area contributed by atoms with Crippen LogP contribution >= 0.6 is 0 Å². The molecular weight excluding hydrogens is 969 g/mol. The minimum Gasteiger partial charge on any atom is -0.457 e. The lowest BCUT2D eigenvalue weighted by Crippen LogP contribution is -2.61. The summed E-state index contributed by atoms with van der Waals surface area (Å²) in [6.45, 7) is 3.78. The van der Waals surface area contributed by atoms with E-state index >= 15 is 0 Å². The van der Waals surface area contributed by atoms with Gasteiger partial charge in [-0.2, -0.15) is 0 Å². The van der Waals surface area contributed by atoms with Crippen molar-refractivity contribution in [2.45, 2.75) is 357 Å². The number of ether oxygens (including phenoxy) is 6. The second-order valence-corrected chi connectivity index (χ2v) is 23.0. The third kappa shape index (κ3) is 35.7.